The molecule has 2 N–H and O–H groups in total. The molecule has 5 rings (SSSR count). The molecule has 0 bridgehead atoms. The average Bonchev–Trinajstić information content (AvgIpc) is 2.83. The van der Waals surface area contributed by atoms with Gasteiger partial charge in [-0.2, -0.15) is 0 Å². The first-order valence-electron chi connectivity index (χ1n) is 10.1. The molecule has 5 aromatic rings. The molecule has 0 unspecified atom stereocenters. The van der Waals surface area contributed by atoms with E-state index in [2.05, 4.69) is 0 Å². The van der Waals surface area contributed by atoms with E-state index in [4.69, 9.17) is 14.3 Å². The molecular formula is C26H19NO5S. The monoisotopic (exact) mass is 457 g/mol. The second-order valence-electron chi connectivity index (χ2n) is 7.63. The quantitative estimate of drug-likeness (QED) is 0.412. The Morgan fingerprint density at radius 2 is 1.48 bits per heavy atom. The third-order valence-corrected chi connectivity index (χ3v) is 6.51. The van der Waals surface area contributed by atoms with Gasteiger partial charge in [-0.25, -0.2) is 13.6 Å². The number of sulfonamides is 1. The maximum absolute atomic E-state index is 13.6. The minimum atomic E-state index is -3.84. The second kappa shape index (κ2) is 7.88. The Bertz CT molecular complexity index is 1690. The summed E-state index contributed by atoms with van der Waals surface area (Å²) in [6, 6.07) is 24.5. The Kier molecular flexibility index (Phi) is 5.00. The van der Waals surface area contributed by atoms with Crippen molar-refractivity contribution in [2.24, 2.45) is 5.14 Å². The highest BCUT2D eigenvalue weighted by molar-refractivity contribution is 7.89. The van der Waals surface area contributed by atoms with E-state index in [0.29, 0.717) is 33.4 Å². The Labute approximate surface area is 189 Å². The van der Waals surface area contributed by atoms with Gasteiger partial charge < -0.3 is 9.15 Å². The van der Waals surface area contributed by atoms with Gasteiger partial charge in [0.25, 0.3) is 0 Å². The lowest BCUT2D eigenvalue weighted by molar-refractivity contribution is 0.415. The zero-order chi connectivity index (χ0) is 23.2. The molecular weight excluding hydrogens is 438 g/mol. The van der Waals surface area contributed by atoms with Gasteiger partial charge in [-0.3, -0.25) is 4.79 Å². The summed E-state index contributed by atoms with van der Waals surface area (Å²) in [5.41, 5.74) is 1.93. The first kappa shape index (κ1) is 20.9. The number of methoxy groups -OCH3 is 1. The molecule has 0 aliphatic rings. The molecule has 0 amide bonds. The van der Waals surface area contributed by atoms with Crippen molar-refractivity contribution in [2.45, 2.75) is 4.90 Å². The Morgan fingerprint density at radius 1 is 0.818 bits per heavy atom. The summed E-state index contributed by atoms with van der Waals surface area (Å²) in [5.74, 6) is 1.10. The van der Waals surface area contributed by atoms with Crippen LogP contribution in [0.1, 0.15) is 0 Å². The number of nitrogens with two attached hydrogens (primary N) is 1. The number of ether oxygens (including phenoxy) is 1. The number of benzene rings is 4. The summed E-state index contributed by atoms with van der Waals surface area (Å²) in [6.07, 6.45) is 0. The SMILES string of the molecule is COc1ccc2cc(-c3c(-c4ccc(S(N)(=O)=O)cc4)oc4ccccc4c3=O)ccc2c1. The van der Waals surface area contributed by atoms with Crippen molar-refractivity contribution in [3.05, 3.63) is 95.2 Å². The first-order chi connectivity index (χ1) is 15.8. The molecule has 1 heterocycles. The third kappa shape index (κ3) is 3.77. The van der Waals surface area contributed by atoms with E-state index in [1.54, 1.807) is 43.5 Å². The predicted octanol–water partition coefficient (Wildman–Crippen LogP) is 4.94. The number of rotatable bonds is 4. The van der Waals surface area contributed by atoms with Gasteiger partial charge in [0.15, 0.2) is 0 Å². The van der Waals surface area contributed by atoms with Crippen molar-refractivity contribution in [3.8, 4) is 28.2 Å². The van der Waals surface area contributed by atoms with Crippen molar-refractivity contribution in [1.29, 1.82) is 0 Å². The molecule has 6 nitrogen and oxygen atoms in total. The highest BCUT2D eigenvalue weighted by Gasteiger charge is 2.19. The summed E-state index contributed by atoms with van der Waals surface area (Å²) in [6.45, 7) is 0. The van der Waals surface area contributed by atoms with E-state index in [1.165, 1.54) is 12.1 Å². The van der Waals surface area contributed by atoms with E-state index in [9.17, 15) is 13.2 Å². The first-order valence-corrected chi connectivity index (χ1v) is 11.7. The van der Waals surface area contributed by atoms with Crippen LogP contribution in [0.2, 0.25) is 0 Å². The minimum absolute atomic E-state index is 0.0180. The van der Waals surface area contributed by atoms with Gasteiger partial charge in [-0.05, 0) is 70.9 Å². The van der Waals surface area contributed by atoms with E-state index in [-0.39, 0.29) is 10.3 Å². The van der Waals surface area contributed by atoms with Crippen molar-refractivity contribution in [2.75, 3.05) is 7.11 Å². The molecule has 33 heavy (non-hydrogen) atoms. The highest BCUT2D eigenvalue weighted by Crippen LogP contribution is 2.34. The van der Waals surface area contributed by atoms with Crippen LogP contribution in [0.3, 0.4) is 0 Å². The summed E-state index contributed by atoms with van der Waals surface area (Å²) >= 11 is 0. The molecule has 0 fully saturated rings. The van der Waals surface area contributed by atoms with Gasteiger partial charge in [0.2, 0.25) is 15.5 Å². The van der Waals surface area contributed by atoms with Crippen molar-refractivity contribution in [1.82, 2.24) is 0 Å². The normalized spacial score (nSPS) is 11.7. The lowest BCUT2D eigenvalue weighted by atomic mass is 9.96. The van der Waals surface area contributed by atoms with Crippen LogP contribution in [-0.2, 0) is 10.0 Å². The summed E-state index contributed by atoms with van der Waals surface area (Å²) < 4.78 is 34.8. The van der Waals surface area contributed by atoms with E-state index in [0.717, 1.165) is 16.5 Å². The standard InChI is InChI=1S/C26H19NO5S/c1-31-20-11-8-17-14-19(7-6-18(17)15-20)24-25(28)22-4-2-3-5-23(22)32-26(24)16-9-12-21(13-10-16)33(27,29)30/h2-15H,1H3,(H2,27,29,30). The molecule has 0 aliphatic heterocycles. The number of fused-ring (bicyclic) bond motifs is 2. The number of para-hydroxylation sites is 1. The van der Waals surface area contributed by atoms with E-state index >= 15 is 0 Å². The number of hydrogen-bond donors (Lipinski definition) is 1. The molecule has 0 spiro atoms. The van der Waals surface area contributed by atoms with Gasteiger partial charge >= 0.3 is 0 Å². The van der Waals surface area contributed by atoms with Crippen LogP contribution in [0.5, 0.6) is 5.75 Å². The van der Waals surface area contributed by atoms with Crippen LogP contribution in [0, 0.1) is 0 Å². The Balaban J connectivity index is 1.78. The van der Waals surface area contributed by atoms with Gasteiger partial charge in [0.1, 0.15) is 17.1 Å². The fraction of sp³-hybridized carbons (Fsp3) is 0.0385. The maximum atomic E-state index is 13.6. The van der Waals surface area contributed by atoms with Crippen LogP contribution in [0.4, 0.5) is 0 Å². The molecule has 4 aromatic carbocycles. The van der Waals surface area contributed by atoms with Crippen LogP contribution >= 0.6 is 0 Å². The summed E-state index contributed by atoms with van der Waals surface area (Å²) in [7, 11) is -2.23. The maximum Gasteiger partial charge on any atom is 0.238 e. The minimum Gasteiger partial charge on any atom is -0.497 e. The average molecular weight is 458 g/mol. The van der Waals surface area contributed by atoms with Gasteiger partial charge in [-0.1, -0.05) is 30.3 Å². The van der Waals surface area contributed by atoms with Gasteiger partial charge in [0, 0.05) is 5.56 Å². The molecule has 1 aromatic heterocycles. The smallest absolute Gasteiger partial charge is 0.238 e. The van der Waals surface area contributed by atoms with Gasteiger partial charge in [-0.15, -0.1) is 0 Å². The van der Waals surface area contributed by atoms with Crippen LogP contribution < -0.4 is 15.3 Å². The van der Waals surface area contributed by atoms with Crippen LogP contribution in [-0.4, -0.2) is 15.5 Å². The zero-order valence-electron chi connectivity index (χ0n) is 17.6. The summed E-state index contributed by atoms with van der Waals surface area (Å²) in [5, 5.41) is 7.61. The number of primary sulfonamides is 1. The topological polar surface area (TPSA) is 99.6 Å². The van der Waals surface area contributed by atoms with Gasteiger partial charge in [0.05, 0.1) is 23.0 Å². The third-order valence-electron chi connectivity index (χ3n) is 5.58. The molecule has 0 aliphatic carbocycles. The highest BCUT2D eigenvalue weighted by atomic mass is 32.2. The molecule has 0 atom stereocenters. The Hall–Kier alpha value is -3.94. The molecule has 7 heteroatoms. The van der Waals surface area contributed by atoms with E-state index < -0.39 is 10.0 Å². The number of hydrogen-bond acceptors (Lipinski definition) is 5. The van der Waals surface area contributed by atoms with Crippen molar-refractivity contribution >= 4 is 31.8 Å². The zero-order valence-corrected chi connectivity index (χ0v) is 18.4. The summed E-state index contributed by atoms with van der Waals surface area (Å²) in [4.78, 5) is 13.6. The fourth-order valence-electron chi connectivity index (χ4n) is 3.91. The van der Waals surface area contributed by atoms with Crippen molar-refractivity contribution < 1.29 is 17.6 Å². The van der Waals surface area contributed by atoms with Crippen LogP contribution in [0.25, 0.3) is 44.2 Å². The Morgan fingerprint density at radius 3 is 2.21 bits per heavy atom. The predicted molar refractivity (Wildman–Crippen MR) is 129 cm³/mol. The molecule has 0 radical (unpaired) electrons. The molecule has 0 saturated heterocycles. The van der Waals surface area contributed by atoms with Crippen LogP contribution in [0.15, 0.2) is 99.0 Å². The fourth-order valence-corrected chi connectivity index (χ4v) is 4.43. The lowest BCUT2D eigenvalue weighted by Crippen LogP contribution is -2.12. The van der Waals surface area contributed by atoms with Crippen molar-refractivity contribution in [3.63, 3.8) is 0 Å². The largest absolute Gasteiger partial charge is 0.497 e. The van der Waals surface area contributed by atoms with E-state index in [1.807, 2.05) is 36.4 Å². The molecule has 0 saturated carbocycles. The lowest BCUT2D eigenvalue weighted by Gasteiger charge is -2.12. The molecule has 164 valence electrons. The second-order valence-corrected chi connectivity index (χ2v) is 9.19.